The zero-order valence-corrected chi connectivity index (χ0v) is 18.6. The van der Waals surface area contributed by atoms with Gasteiger partial charge in [-0.1, -0.05) is 15.9 Å². The summed E-state index contributed by atoms with van der Waals surface area (Å²) in [4.78, 5) is 25.5. The van der Waals surface area contributed by atoms with Crippen LogP contribution in [0, 0.1) is 17.3 Å². The van der Waals surface area contributed by atoms with Crippen LogP contribution in [0.2, 0.25) is 0 Å². The fraction of sp³-hybridized carbons (Fsp3) is 0.600. The highest BCUT2D eigenvalue weighted by Gasteiger charge is 2.60. The van der Waals surface area contributed by atoms with E-state index in [0.29, 0.717) is 17.5 Å². The molecule has 158 valence electrons. The molecular formula is C20H25BrN2O5S. The van der Waals surface area contributed by atoms with Crippen molar-refractivity contribution in [2.75, 3.05) is 5.32 Å². The van der Waals surface area contributed by atoms with E-state index in [-0.39, 0.29) is 15.2 Å². The van der Waals surface area contributed by atoms with Crippen LogP contribution in [0.15, 0.2) is 29.2 Å². The van der Waals surface area contributed by atoms with Crippen molar-refractivity contribution in [1.29, 1.82) is 0 Å². The average Bonchev–Trinajstić information content (AvgIpc) is 2.59. The number of hydrogen-bond acceptors (Lipinski definition) is 5. The molecular weight excluding hydrogens is 460 g/mol. The molecule has 3 unspecified atom stereocenters. The molecule has 9 heteroatoms. The Morgan fingerprint density at radius 1 is 1.17 bits per heavy atom. The second-order valence-corrected chi connectivity index (χ2v) is 12.2. The molecule has 4 aliphatic rings. The van der Waals surface area contributed by atoms with Gasteiger partial charge in [0.15, 0.2) is 6.10 Å². The number of sulfonamides is 1. The summed E-state index contributed by atoms with van der Waals surface area (Å²) in [5.74, 6) is 0.358. The van der Waals surface area contributed by atoms with Crippen LogP contribution in [0.1, 0.15) is 45.4 Å². The highest BCUT2D eigenvalue weighted by Crippen LogP contribution is 2.64. The number of nitrogens with one attached hydrogen (secondary N) is 1. The van der Waals surface area contributed by atoms with E-state index < -0.39 is 27.4 Å². The molecule has 4 bridgehead atoms. The first-order chi connectivity index (χ1) is 13.5. The molecule has 5 rings (SSSR count). The van der Waals surface area contributed by atoms with Gasteiger partial charge in [0.05, 0.1) is 10.3 Å². The highest BCUT2D eigenvalue weighted by molar-refractivity contribution is 9.10. The van der Waals surface area contributed by atoms with Gasteiger partial charge in [-0.05, 0) is 81.5 Å². The van der Waals surface area contributed by atoms with Crippen LogP contribution in [-0.2, 0) is 24.3 Å². The molecule has 7 nitrogen and oxygen atoms in total. The Bertz CT molecular complexity index is 932. The fourth-order valence-electron chi connectivity index (χ4n) is 5.70. The van der Waals surface area contributed by atoms with E-state index >= 15 is 0 Å². The molecule has 0 heterocycles. The summed E-state index contributed by atoms with van der Waals surface area (Å²) in [5.41, 5.74) is -0.0845. The Kier molecular flexibility index (Phi) is 5.07. The van der Waals surface area contributed by atoms with Crippen molar-refractivity contribution in [3.63, 3.8) is 0 Å². The molecule has 1 aromatic carbocycles. The average molecular weight is 485 g/mol. The van der Waals surface area contributed by atoms with Crippen molar-refractivity contribution in [3.05, 3.63) is 24.3 Å². The summed E-state index contributed by atoms with van der Waals surface area (Å²) in [6.45, 7) is 1.55. The monoisotopic (exact) mass is 484 g/mol. The molecule has 4 fully saturated rings. The van der Waals surface area contributed by atoms with Crippen molar-refractivity contribution in [1.82, 2.24) is 0 Å². The van der Waals surface area contributed by atoms with Gasteiger partial charge in [0.1, 0.15) is 0 Å². The van der Waals surface area contributed by atoms with Crippen molar-refractivity contribution in [2.24, 2.45) is 22.4 Å². The van der Waals surface area contributed by atoms with Crippen LogP contribution < -0.4 is 10.5 Å². The lowest BCUT2D eigenvalue weighted by Gasteiger charge is -2.58. The third-order valence-corrected chi connectivity index (χ3v) is 8.38. The number of nitrogens with two attached hydrogens (primary N) is 1. The van der Waals surface area contributed by atoms with Gasteiger partial charge in [-0.25, -0.2) is 13.6 Å². The number of carbonyl (C=O) groups is 2. The number of esters is 1. The van der Waals surface area contributed by atoms with Gasteiger partial charge < -0.3 is 10.1 Å². The minimum absolute atomic E-state index is 0.0344. The van der Waals surface area contributed by atoms with Gasteiger partial charge in [0.25, 0.3) is 5.91 Å². The van der Waals surface area contributed by atoms with Gasteiger partial charge in [0, 0.05) is 10.0 Å². The fourth-order valence-corrected chi connectivity index (χ4v) is 7.67. The van der Waals surface area contributed by atoms with Crippen LogP contribution in [0.5, 0.6) is 0 Å². The number of carbonyl (C=O) groups excluding carboxylic acids is 2. The SMILES string of the molecule is CC(OC(=O)C12CC3CC(CC(Br)(C3)C1)C2)C(=O)Nc1ccc(S(N)(=O)=O)cc1. The molecule has 0 aromatic heterocycles. The summed E-state index contributed by atoms with van der Waals surface area (Å²) in [7, 11) is -3.79. The minimum Gasteiger partial charge on any atom is -0.452 e. The van der Waals surface area contributed by atoms with Crippen LogP contribution in [0.4, 0.5) is 5.69 Å². The van der Waals surface area contributed by atoms with Crippen LogP contribution in [-0.4, -0.2) is 30.7 Å². The molecule has 3 atom stereocenters. The van der Waals surface area contributed by atoms with Gasteiger partial charge in [0.2, 0.25) is 10.0 Å². The summed E-state index contributed by atoms with van der Waals surface area (Å²) in [5, 5.41) is 7.71. The quantitative estimate of drug-likeness (QED) is 0.492. The molecule has 0 aliphatic heterocycles. The van der Waals surface area contributed by atoms with Gasteiger partial charge >= 0.3 is 5.97 Å². The number of anilines is 1. The van der Waals surface area contributed by atoms with Crippen molar-refractivity contribution in [3.8, 4) is 0 Å². The Hall–Kier alpha value is -1.45. The maximum atomic E-state index is 13.1. The number of amides is 1. The Morgan fingerprint density at radius 3 is 2.28 bits per heavy atom. The molecule has 29 heavy (non-hydrogen) atoms. The Morgan fingerprint density at radius 2 is 1.76 bits per heavy atom. The lowest BCUT2D eigenvalue weighted by Crippen LogP contribution is -2.56. The summed E-state index contributed by atoms with van der Waals surface area (Å²) >= 11 is 3.88. The summed E-state index contributed by atoms with van der Waals surface area (Å²) in [6.07, 6.45) is 4.94. The lowest BCUT2D eigenvalue weighted by molar-refractivity contribution is -0.175. The number of primary sulfonamides is 1. The van der Waals surface area contributed by atoms with Gasteiger partial charge in [-0.3, -0.25) is 9.59 Å². The van der Waals surface area contributed by atoms with Crippen LogP contribution in [0.25, 0.3) is 0 Å². The Balaban J connectivity index is 1.39. The molecule has 4 aliphatic carbocycles. The van der Waals surface area contributed by atoms with E-state index in [1.54, 1.807) is 6.92 Å². The standard InChI is InChI=1S/C20H25BrN2O5S/c1-12(17(24)23-15-2-4-16(5-3-15)29(22,26)27)28-18(25)19-7-13-6-14(8-19)10-20(21,9-13)11-19/h2-5,12-14H,6-11H2,1H3,(H,23,24)(H2,22,26,27). The van der Waals surface area contributed by atoms with Gasteiger partial charge in [-0.2, -0.15) is 0 Å². The second kappa shape index (κ2) is 7.06. The molecule has 0 radical (unpaired) electrons. The second-order valence-electron chi connectivity index (χ2n) is 9.00. The number of benzene rings is 1. The number of rotatable bonds is 5. The molecule has 1 aromatic rings. The smallest absolute Gasteiger partial charge is 0.312 e. The largest absolute Gasteiger partial charge is 0.452 e. The predicted molar refractivity (Wildman–Crippen MR) is 111 cm³/mol. The van der Waals surface area contributed by atoms with Crippen molar-refractivity contribution in [2.45, 2.75) is 60.8 Å². The Labute approximate surface area is 178 Å². The normalized spacial score (nSPS) is 33.9. The van der Waals surface area contributed by atoms with E-state index in [4.69, 9.17) is 9.88 Å². The van der Waals surface area contributed by atoms with E-state index in [0.717, 1.165) is 32.1 Å². The molecule has 0 spiro atoms. The molecule has 0 saturated heterocycles. The molecule has 3 N–H and O–H groups in total. The number of alkyl halides is 1. The first-order valence-electron chi connectivity index (χ1n) is 9.82. The zero-order chi connectivity index (χ0) is 21.0. The summed E-state index contributed by atoms with van der Waals surface area (Å²) < 4.78 is 28.3. The van der Waals surface area contributed by atoms with Crippen molar-refractivity contribution >= 4 is 43.5 Å². The van der Waals surface area contributed by atoms with E-state index in [1.165, 1.54) is 30.7 Å². The highest BCUT2D eigenvalue weighted by atomic mass is 79.9. The van der Waals surface area contributed by atoms with Crippen LogP contribution in [0.3, 0.4) is 0 Å². The first-order valence-corrected chi connectivity index (χ1v) is 12.2. The van der Waals surface area contributed by atoms with Crippen LogP contribution >= 0.6 is 15.9 Å². The topological polar surface area (TPSA) is 116 Å². The van der Waals surface area contributed by atoms with Gasteiger partial charge in [-0.15, -0.1) is 0 Å². The predicted octanol–water partition coefficient (Wildman–Crippen LogP) is 2.94. The molecule has 1 amide bonds. The number of ether oxygens (including phenoxy) is 1. The summed E-state index contributed by atoms with van der Waals surface area (Å²) in [6, 6.07) is 5.51. The maximum absolute atomic E-state index is 13.1. The maximum Gasteiger partial charge on any atom is 0.312 e. The number of hydrogen-bond donors (Lipinski definition) is 2. The van der Waals surface area contributed by atoms with E-state index in [1.807, 2.05) is 0 Å². The van der Waals surface area contributed by atoms with Crippen molar-refractivity contribution < 1.29 is 22.7 Å². The lowest BCUT2D eigenvalue weighted by atomic mass is 9.49. The number of halogens is 1. The molecule has 4 saturated carbocycles. The van der Waals surface area contributed by atoms with E-state index in [9.17, 15) is 18.0 Å². The first kappa shape index (κ1) is 20.8. The zero-order valence-electron chi connectivity index (χ0n) is 16.2. The third-order valence-electron chi connectivity index (χ3n) is 6.53. The third kappa shape index (κ3) is 4.09. The minimum atomic E-state index is -3.79. The van der Waals surface area contributed by atoms with E-state index in [2.05, 4.69) is 21.2 Å².